The lowest BCUT2D eigenvalue weighted by molar-refractivity contribution is -0.274. The molecule has 10 nitrogen and oxygen atoms in total. The number of aromatic nitrogens is 4. The number of ether oxygens (including phenoxy) is 1. The number of nitrogens with zero attached hydrogens (tertiary/aromatic N) is 4. The van der Waals surface area contributed by atoms with E-state index in [1.165, 1.54) is 35.6 Å². The average Bonchev–Trinajstić information content (AvgIpc) is 3.44. The molecule has 14 heteroatoms. The second-order valence-corrected chi connectivity index (χ2v) is 12.8. The van der Waals surface area contributed by atoms with Gasteiger partial charge in [0.1, 0.15) is 28.2 Å². The molecule has 5 atom stereocenters. The topological polar surface area (TPSA) is 146 Å². The van der Waals surface area contributed by atoms with E-state index >= 15 is 0 Å². The maximum atomic E-state index is 12.6. The van der Waals surface area contributed by atoms with Crippen LogP contribution in [-0.2, 0) is 0 Å². The number of halogens is 3. The highest BCUT2D eigenvalue weighted by Crippen LogP contribution is 2.40. The quantitative estimate of drug-likeness (QED) is 0.170. The van der Waals surface area contributed by atoms with E-state index < -0.39 is 42.2 Å². The van der Waals surface area contributed by atoms with Crippen molar-refractivity contribution in [3.8, 4) is 16.3 Å². The minimum atomic E-state index is -4.78. The summed E-state index contributed by atoms with van der Waals surface area (Å²) >= 11 is 1.46. The molecule has 1 aliphatic rings. The third kappa shape index (κ3) is 6.72. The first-order chi connectivity index (χ1) is 20.5. The van der Waals surface area contributed by atoms with Gasteiger partial charge in [-0.05, 0) is 71.7 Å². The first kappa shape index (κ1) is 31.8. The molecule has 0 unspecified atom stereocenters. The molecule has 3 aromatic heterocycles. The van der Waals surface area contributed by atoms with Gasteiger partial charge in [0.05, 0.1) is 45.4 Å². The molecule has 1 aromatic carbocycles. The molecule has 1 fully saturated rings. The van der Waals surface area contributed by atoms with E-state index in [1.807, 2.05) is 33.8 Å². The zero-order valence-corrected chi connectivity index (χ0v) is 25.9. The highest BCUT2D eigenvalue weighted by Gasteiger charge is 2.48. The molecular weight excluding hydrogens is 597 g/mol. The fourth-order valence-corrected chi connectivity index (χ4v) is 6.83. The van der Waals surface area contributed by atoms with Crippen molar-refractivity contribution in [3.63, 3.8) is 0 Å². The summed E-state index contributed by atoms with van der Waals surface area (Å²) in [7, 11) is 0. The molecule has 0 amide bonds. The van der Waals surface area contributed by atoms with Crippen molar-refractivity contribution in [3.05, 3.63) is 53.0 Å². The van der Waals surface area contributed by atoms with Gasteiger partial charge in [0.2, 0.25) is 5.95 Å². The van der Waals surface area contributed by atoms with Crippen LogP contribution in [0.3, 0.4) is 0 Å². The van der Waals surface area contributed by atoms with Crippen molar-refractivity contribution < 1.29 is 33.2 Å². The van der Waals surface area contributed by atoms with Gasteiger partial charge in [-0.1, -0.05) is 12.1 Å². The summed E-state index contributed by atoms with van der Waals surface area (Å²) in [6.45, 7) is 10.6. The van der Waals surface area contributed by atoms with Crippen LogP contribution in [0.25, 0.3) is 20.8 Å². The maximum absolute atomic E-state index is 12.6. The summed E-state index contributed by atoms with van der Waals surface area (Å²) in [4.78, 5) is 18.8. The van der Waals surface area contributed by atoms with Crippen LogP contribution in [0.1, 0.15) is 55.9 Å². The summed E-state index contributed by atoms with van der Waals surface area (Å²) in [5.74, 6) is -0.300. The first-order valence-electron chi connectivity index (χ1n) is 14.1. The number of pyridine rings is 1. The molecule has 0 bridgehead atoms. The normalized spacial score (nSPS) is 21.5. The Labute approximate surface area is 256 Å². The molecule has 3 heterocycles. The second-order valence-electron chi connectivity index (χ2n) is 11.8. The van der Waals surface area contributed by atoms with Crippen molar-refractivity contribution in [1.29, 1.82) is 0 Å². The second kappa shape index (κ2) is 11.7. The number of alkyl halides is 3. The first-order valence-corrected chi connectivity index (χ1v) is 14.9. The average molecular weight is 633 g/mol. The van der Waals surface area contributed by atoms with Gasteiger partial charge in [0, 0.05) is 11.6 Å². The molecule has 1 saturated carbocycles. The Bertz CT molecular complexity index is 1660. The molecule has 5 N–H and O–H groups in total. The molecule has 5 rings (SSSR count). The zero-order valence-electron chi connectivity index (χ0n) is 25.1. The summed E-state index contributed by atoms with van der Waals surface area (Å²) in [6, 6.07) is 6.44. The lowest BCUT2D eigenvalue weighted by Crippen LogP contribution is -2.40. The van der Waals surface area contributed by atoms with Gasteiger partial charge < -0.3 is 30.7 Å². The van der Waals surface area contributed by atoms with Crippen molar-refractivity contribution >= 4 is 33.3 Å². The number of nitrogens with one attached hydrogen (secondary N) is 2. The van der Waals surface area contributed by atoms with Crippen LogP contribution in [0.5, 0.6) is 5.75 Å². The Balaban J connectivity index is 1.51. The van der Waals surface area contributed by atoms with Gasteiger partial charge >= 0.3 is 6.36 Å². The van der Waals surface area contributed by atoms with Crippen LogP contribution >= 0.6 is 11.3 Å². The summed E-state index contributed by atoms with van der Waals surface area (Å²) in [6.07, 6.45) is -6.83. The smallest absolute Gasteiger partial charge is 0.406 e. The van der Waals surface area contributed by atoms with E-state index in [-0.39, 0.29) is 18.1 Å². The summed E-state index contributed by atoms with van der Waals surface area (Å²) in [5.41, 5.74) is 3.06. The van der Waals surface area contributed by atoms with Crippen LogP contribution in [0.2, 0.25) is 0 Å². The van der Waals surface area contributed by atoms with E-state index in [0.29, 0.717) is 27.6 Å². The third-order valence-corrected chi connectivity index (χ3v) is 8.87. The van der Waals surface area contributed by atoms with E-state index in [1.54, 1.807) is 13.8 Å². The minimum Gasteiger partial charge on any atom is -0.406 e. The zero-order chi connectivity index (χ0) is 32.1. The highest BCUT2D eigenvalue weighted by atomic mass is 32.1. The van der Waals surface area contributed by atoms with Gasteiger partial charge in [0.15, 0.2) is 0 Å². The fraction of sp³-hybridized carbons (Fsp3) is 0.467. The van der Waals surface area contributed by atoms with Crippen molar-refractivity contribution in [2.45, 2.75) is 84.2 Å². The Hall–Kier alpha value is -3.59. The van der Waals surface area contributed by atoms with E-state index in [4.69, 9.17) is 9.97 Å². The SMILES string of the molecule is Cc1cc2sc(-c3c(C)nc(N[C@H](C)c4ccc(OC(F)(F)F)cc4)nc3N[C@@H]3C[C@H](C(C)(C)O)[C@@H](O)[C@H]3O)nc2c(C)n1. The van der Waals surface area contributed by atoms with Crippen LogP contribution in [0, 0.1) is 26.7 Å². The van der Waals surface area contributed by atoms with Gasteiger partial charge in [0.25, 0.3) is 0 Å². The Morgan fingerprint density at radius 1 is 0.977 bits per heavy atom. The largest absolute Gasteiger partial charge is 0.573 e. The van der Waals surface area contributed by atoms with Gasteiger partial charge in [-0.15, -0.1) is 24.5 Å². The van der Waals surface area contributed by atoms with E-state index in [0.717, 1.165) is 21.6 Å². The molecule has 0 radical (unpaired) electrons. The molecule has 44 heavy (non-hydrogen) atoms. The summed E-state index contributed by atoms with van der Waals surface area (Å²) in [5, 5.41) is 39.4. The number of fused-ring (bicyclic) bond motifs is 1. The fourth-order valence-electron chi connectivity index (χ4n) is 5.62. The minimum absolute atomic E-state index is 0.235. The van der Waals surface area contributed by atoms with E-state index in [9.17, 15) is 28.5 Å². The molecule has 0 saturated heterocycles. The Morgan fingerprint density at radius 2 is 1.66 bits per heavy atom. The standard InChI is InChI=1S/C30H35F3N6O4S/c1-13-11-21-23(16(4)34-13)38-27(44-21)22-15(3)36-28(35-14(2)17-7-9-18(10-8-17)43-30(31,32)33)39-26(22)37-20-12-19(29(5,6)42)24(40)25(20)41/h7-11,14,19-20,24-25,40-42H,12H2,1-6H3,(H2,35,36,37,39)/t14-,19+,20-,24-,25+/m1/s1. The maximum Gasteiger partial charge on any atom is 0.573 e. The number of aliphatic hydroxyl groups excluding tert-OH is 2. The molecule has 0 spiro atoms. The molecule has 0 aliphatic heterocycles. The number of benzene rings is 1. The Morgan fingerprint density at radius 3 is 2.27 bits per heavy atom. The number of thiazole rings is 1. The summed E-state index contributed by atoms with van der Waals surface area (Å²) < 4.78 is 42.7. The number of hydrogen-bond acceptors (Lipinski definition) is 11. The van der Waals surface area contributed by atoms with E-state index in [2.05, 4.69) is 25.3 Å². The van der Waals surface area contributed by atoms with Crippen molar-refractivity contribution in [2.75, 3.05) is 10.6 Å². The van der Waals surface area contributed by atoms with Crippen LogP contribution in [-0.4, -0.2) is 65.5 Å². The molecular formula is C30H35F3N6O4S. The Kier molecular flexibility index (Phi) is 8.48. The van der Waals surface area contributed by atoms with Gasteiger partial charge in [-0.3, -0.25) is 4.98 Å². The lowest BCUT2D eigenvalue weighted by atomic mass is 9.88. The van der Waals surface area contributed by atoms with Crippen molar-refractivity contribution in [1.82, 2.24) is 19.9 Å². The molecule has 1 aliphatic carbocycles. The predicted octanol–water partition coefficient (Wildman–Crippen LogP) is 5.44. The predicted molar refractivity (Wildman–Crippen MR) is 162 cm³/mol. The lowest BCUT2D eigenvalue weighted by Gasteiger charge is -2.28. The van der Waals surface area contributed by atoms with Gasteiger partial charge in [-0.2, -0.15) is 4.98 Å². The van der Waals surface area contributed by atoms with Gasteiger partial charge in [-0.25, -0.2) is 9.97 Å². The highest BCUT2D eigenvalue weighted by molar-refractivity contribution is 7.21. The molecule has 4 aromatic rings. The molecule has 236 valence electrons. The monoisotopic (exact) mass is 632 g/mol. The third-order valence-electron chi connectivity index (χ3n) is 7.85. The number of rotatable bonds is 8. The van der Waals surface area contributed by atoms with Crippen LogP contribution in [0.4, 0.5) is 24.9 Å². The number of aryl methyl sites for hydroxylation is 3. The van der Waals surface area contributed by atoms with Crippen LogP contribution < -0.4 is 15.4 Å². The number of aliphatic hydroxyl groups is 3. The number of anilines is 2. The van der Waals surface area contributed by atoms with Crippen molar-refractivity contribution in [2.24, 2.45) is 5.92 Å². The van der Waals surface area contributed by atoms with Crippen LogP contribution in [0.15, 0.2) is 30.3 Å². The number of hydrogen-bond donors (Lipinski definition) is 5.